The molecule has 0 aliphatic rings. The molecule has 4 N–H and O–H groups in total. The highest BCUT2D eigenvalue weighted by Crippen LogP contribution is 2.29. The van der Waals surface area contributed by atoms with Gasteiger partial charge in [-0.1, -0.05) is 85.1 Å². The standard InChI is InChI=1S/C30H22N4O2S2/c35-25(31-23-13-5-9-19-27(23)33-21-11-3-1-7-17(21)29(19)37)15-16-26(36)32-24-14-6-10-20-28(24)34-22-12-4-2-8-18(22)30(20)38/h1-14H,15-16H2,(H,31,35)(H,32,36)(H,33,37)(H,34,38). The molecule has 2 heterocycles. The fraction of sp³-hybridized carbons (Fsp3) is 0.0667. The average Bonchev–Trinajstić information content (AvgIpc) is 2.93. The topological polar surface area (TPSA) is 89.8 Å². The predicted molar refractivity (Wildman–Crippen MR) is 160 cm³/mol. The summed E-state index contributed by atoms with van der Waals surface area (Å²) < 4.78 is 1.46. The molecule has 6 aromatic rings. The van der Waals surface area contributed by atoms with Gasteiger partial charge < -0.3 is 20.6 Å². The molecule has 0 saturated heterocycles. The first-order chi connectivity index (χ1) is 18.5. The maximum atomic E-state index is 12.8. The molecule has 186 valence electrons. The van der Waals surface area contributed by atoms with Crippen molar-refractivity contribution in [2.45, 2.75) is 12.8 Å². The number of pyridine rings is 2. The fourth-order valence-electron chi connectivity index (χ4n) is 4.75. The molecule has 0 atom stereocenters. The second-order valence-electron chi connectivity index (χ2n) is 9.05. The molecule has 38 heavy (non-hydrogen) atoms. The van der Waals surface area contributed by atoms with Gasteiger partial charge in [-0.15, -0.1) is 0 Å². The van der Waals surface area contributed by atoms with Gasteiger partial charge in [-0.05, 0) is 24.3 Å². The molecule has 0 radical (unpaired) electrons. The van der Waals surface area contributed by atoms with Crippen molar-refractivity contribution < 1.29 is 9.59 Å². The Morgan fingerprint density at radius 2 is 0.947 bits per heavy atom. The number of rotatable bonds is 5. The van der Waals surface area contributed by atoms with Crippen LogP contribution in [-0.4, -0.2) is 21.8 Å². The van der Waals surface area contributed by atoms with Crippen molar-refractivity contribution in [3.8, 4) is 0 Å². The van der Waals surface area contributed by atoms with Crippen molar-refractivity contribution in [1.82, 2.24) is 9.97 Å². The minimum absolute atomic E-state index is 0.0280. The molecule has 0 bridgehead atoms. The van der Waals surface area contributed by atoms with Gasteiger partial charge in [0.15, 0.2) is 0 Å². The van der Waals surface area contributed by atoms with Crippen LogP contribution in [-0.2, 0) is 9.59 Å². The molecule has 4 aromatic carbocycles. The van der Waals surface area contributed by atoms with Gasteiger partial charge in [0.25, 0.3) is 0 Å². The van der Waals surface area contributed by atoms with Gasteiger partial charge in [0.2, 0.25) is 11.8 Å². The van der Waals surface area contributed by atoms with E-state index in [0.29, 0.717) is 11.4 Å². The van der Waals surface area contributed by atoms with Crippen LogP contribution < -0.4 is 10.6 Å². The molecule has 6 rings (SSSR count). The van der Waals surface area contributed by atoms with E-state index in [2.05, 4.69) is 20.6 Å². The predicted octanol–water partition coefficient (Wildman–Crippen LogP) is 7.77. The lowest BCUT2D eigenvalue weighted by Crippen LogP contribution is -2.17. The molecule has 0 fully saturated rings. The Labute approximate surface area is 227 Å². The van der Waals surface area contributed by atoms with Crippen LogP contribution in [0.4, 0.5) is 11.4 Å². The zero-order chi connectivity index (χ0) is 26.2. The van der Waals surface area contributed by atoms with Crippen molar-refractivity contribution in [1.29, 1.82) is 0 Å². The van der Waals surface area contributed by atoms with E-state index in [0.717, 1.165) is 52.6 Å². The first-order valence-electron chi connectivity index (χ1n) is 12.2. The van der Waals surface area contributed by atoms with Crippen molar-refractivity contribution in [2.75, 3.05) is 10.6 Å². The number of carbonyl (C=O) groups is 2. The minimum Gasteiger partial charge on any atom is -0.353 e. The van der Waals surface area contributed by atoms with Crippen molar-refractivity contribution >= 4 is 91.2 Å². The summed E-state index contributed by atoms with van der Waals surface area (Å²) in [6, 6.07) is 26.9. The number of nitrogens with one attached hydrogen (secondary N) is 4. The Kier molecular flexibility index (Phi) is 6.19. The largest absolute Gasteiger partial charge is 0.353 e. The van der Waals surface area contributed by atoms with Gasteiger partial charge >= 0.3 is 0 Å². The van der Waals surface area contributed by atoms with Crippen LogP contribution in [0.3, 0.4) is 0 Å². The van der Waals surface area contributed by atoms with Crippen LogP contribution in [0.5, 0.6) is 0 Å². The van der Waals surface area contributed by atoms with E-state index in [4.69, 9.17) is 24.4 Å². The van der Waals surface area contributed by atoms with Crippen molar-refractivity contribution in [3.63, 3.8) is 0 Å². The molecule has 0 unspecified atom stereocenters. The van der Waals surface area contributed by atoms with Gasteiger partial charge in [0, 0.05) is 45.4 Å². The summed E-state index contributed by atoms with van der Waals surface area (Å²) in [6.45, 7) is 0. The van der Waals surface area contributed by atoms with E-state index in [9.17, 15) is 9.59 Å². The minimum atomic E-state index is -0.261. The van der Waals surface area contributed by atoms with Gasteiger partial charge in [-0.2, -0.15) is 0 Å². The molecule has 8 heteroatoms. The lowest BCUT2D eigenvalue weighted by atomic mass is 10.1. The highest BCUT2D eigenvalue weighted by atomic mass is 32.1. The molecule has 0 aliphatic carbocycles. The summed E-state index contributed by atoms with van der Waals surface area (Å²) in [5.74, 6) is -0.521. The summed E-state index contributed by atoms with van der Waals surface area (Å²) in [5.41, 5.74) is 4.55. The van der Waals surface area contributed by atoms with Crippen molar-refractivity contribution in [3.05, 3.63) is 93.9 Å². The molecule has 6 nitrogen and oxygen atoms in total. The smallest absolute Gasteiger partial charge is 0.224 e. The number of amides is 2. The second-order valence-corrected chi connectivity index (χ2v) is 9.87. The van der Waals surface area contributed by atoms with Crippen LogP contribution in [0.25, 0.3) is 43.6 Å². The Morgan fingerprint density at radius 1 is 0.553 bits per heavy atom. The Morgan fingerprint density at radius 3 is 1.39 bits per heavy atom. The fourth-order valence-corrected chi connectivity index (χ4v) is 5.45. The normalized spacial score (nSPS) is 11.3. The van der Waals surface area contributed by atoms with E-state index in [1.807, 2.05) is 84.9 Å². The third-order valence-corrected chi connectivity index (χ3v) is 7.49. The first kappa shape index (κ1) is 24.0. The number of aromatic nitrogens is 2. The van der Waals surface area contributed by atoms with Crippen LogP contribution >= 0.6 is 24.4 Å². The Hall–Kier alpha value is -4.40. The molecule has 0 spiro atoms. The van der Waals surface area contributed by atoms with E-state index < -0.39 is 0 Å². The number of para-hydroxylation sites is 4. The summed E-state index contributed by atoms with van der Waals surface area (Å²) in [4.78, 5) is 32.4. The lowest BCUT2D eigenvalue weighted by Gasteiger charge is -2.12. The maximum absolute atomic E-state index is 12.8. The zero-order valence-corrected chi connectivity index (χ0v) is 21.8. The second kappa shape index (κ2) is 9.81. The summed E-state index contributed by atoms with van der Waals surface area (Å²) >= 11 is 11.4. The van der Waals surface area contributed by atoms with Crippen LogP contribution in [0.2, 0.25) is 0 Å². The number of hydrogen-bond donors (Lipinski definition) is 4. The van der Waals surface area contributed by atoms with E-state index in [1.165, 1.54) is 0 Å². The maximum Gasteiger partial charge on any atom is 0.224 e. The Bertz CT molecular complexity index is 1880. The molecule has 2 amide bonds. The third-order valence-electron chi connectivity index (χ3n) is 6.61. The highest BCUT2D eigenvalue weighted by molar-refractivity contribution is 7.72. The van der Waals surface area contributed by atoms with Gasteiger partial charge in [0.1, 0.15) is 0 Å². The molecular formula is C30H22N4O2S2. The van der Waals surface area contributed by atoms with E-state index in [-0.39, 0.29) is 24.7 Å². The molecule has 0 saturated carbocycles. The van der Waals surface area contributed by atoms with E-state index >= 15 is 0 Å². The average molecular weight is 535 g/mol. The van der Waals surface area contributed by atoms with Gasteiger partial charge in [-0.3, -0.25) is 9.59 Å². The number of benzene rings is 4. The van der Waals surface area contributed by atoms with Gasteiger partial charge in [-0.25, -0.2) is 0 Å². The first-order valence-corrected chi connectivity index (χ1v) is 13.0. The van der Waals surface area contributed by atoms with Crippen molar-refractivity contribution in [2.24, 2.45) is 0 Å². The lowest BCUT2D eigenvalue weighted by molar-refractivity contribution is -0.121. The van der Waals surface area contributed by atoms with Gasteiger partial charge in [0.05, 0.1) is 31.4 Å². The monoisotopic (exact) mass is 534 g/mol. The quantitative estimate of drug-likeness (QED) is 0.134. The number of carbonyl (C=O) groups excluding carboxylic acids is 2. The summed E-state index contributed by atoms with van der Waals surface area (Å²) in [6.07, 6.45) is 0.0560. The summed E-state index contributed by atoms with van der Waals surface area (Å²) in [5, 5.41) is 9.50. The zero-order valence-electron chi connectivity index (χ0n) is 20.1. The van der Waals surface area contributed by atoms with Crippen LogP contribution in [0.1, 0.15) is 12.8 Å². The number of anilines is 2. The third kappa shape index (κ3) is 4.34. The van der Waals surface area contributed by atoms with E-state index in [1.54, 1.807) is 0 Å². The molecule has 0 aliphatic heterocycles. The summed E-state index contributed by atoms with van der Waals surface area (Å²) in [7, 11) is 0. The van der Waals surface area contributed by atoms with Crippen LogP contribution in [0.15, 0.2) is 84.9 Å². The van der Waals surface area contributed by atoms with Crippen LogP contribution in [0, 0.1) is 9.02 Å². The Balaban J connectivity index is 1.19. The SMILES string of the molecule is O=C(CCC(=O)Nc1cccc2c(=S)c3ccccc3[nH]c12)Nc1cccc2c(=S)c3ccccc3[nH]c12. The number of aromatic amines is 2. The molecular weight excluding hydrogens is 512 g/mol. The molecule has 2 aromatic heterocycles. The number of hydrogen-bond acceptors (Lipinski definition) is 4. The highest BCUT2D eigenvalue weighted by Gasteiger charge is 2.13. The number of fused-ring (bicyclic) bond motifs is 4. The number of H-pyrrole nitrogens is 2.